The first-order chi connectivity index (χ1) is 23.3. The summed E-state index contributed by atoms with van der Waals surface area (Å²) in [6.45, 7) is 10.4. The average molecular weight is 678 g/mol. The summed E-state index contributed by atoms with van der Waals surface area (Å²) < 4.78 is 22.1. The third-order valence-corrected chi connectivity index (χ3v) is 10.9. The van der Waals surface area contributed by atoms with Crippen LogP contribution < -0.4 is 0 Å². The normalized spacial score (nSPS) is 24.6. The molecule has 1 saturated heterocycles. The van der Waals surface area contributed by atoms with Gasteiger partial charge in [-0.2, -0.15) is 0 Å². The van der Waals surface area contributed by atoms with E-state index in [2.05, 4.69) is 25.7 Å². The van der Waals surface area contributed by atoms with E-state index in [1.807, 2.05) is 0 Å². The first-order valence-corrected chi connectivity index (χ1v) is 20.1. The van der Waals surface area contributed by atoms with Crippen molar-refractivity contribution in [2.75, 3.05) is 46.1 Å². The first kappa shape index (κ1) is 40.6. The summed E-state index contributed by atoms with van der Waals surface area (Å²) in [5.41, 5.74) is 0.0304. The topological polar surface area (TPSA) is 91.4 Å². The van der Waals surface area contributed by atoms with E-state index >= 15 is 0 Å². The van der Waals surface area contributed by atoms with Crippen molar-refractivity contribution >= 4 is 18.1 Å². The van der Waals surface area contributed by atoms with Gasteiger partial charge in [-0.25, -0.2) is 4.79 Å². The SMILES string of the molecule is CCCCCCCCCCCCCCC(=O)OCC(COC(=O)CC12CC(C[C@@H](C)C1)C[C@H](C)C2)COC(=O)OCCCN1CCCC1. The Morgan fingerprint density at radius 1 is 0.667 bits per heavy atom. The largest absolute Gasteiger partial charge is 0.508 e. The van der Waals surface area contributed by atoms with Crippen LogP contribution in [0.1, 0.15) is 162 Å². The van der Waals surface area contributed by atoms with E-state index in [0.29, 0.717) is 37.2 Å². The predicted molar refractivity (Wildman–Crippen MR) is 191 cm³/mol. The van der Waals surface area contributed by atoms with Crippen LogP contribution in [0.25, 0.3) is 0 Å². The van der Waals surface area contributed by atoms with Crippen LogP contribution in [0.4, 0.5) is 4.79 Å². The molecule has 2 bridgehead atoms. The molecule has 0 N–H and O–H groups in total. The highest BCUT2D eigenvalue weighted by Crippen LogP contribution is 2.54. The summed E-state index contributed by atoms with van der Waals surface area (Å²) in [4.78, 5) is 40.4. The Morgan fingerprint density at radius 2 is 1.21 bits per heavy atom. The van der Waals surface area contributed by atoms with Gasteiger partial charge in [0.1, 0.15) is 19.8 Å². The summed E-state index contributed by atoms with van der Waals surface area (Å²) in [6, 6.07) is 0. The second kappa shape index (κ2) is 23.6. The van der Waals surface area contributed by atoms with Gasteiger partial charge in [-0.3, -0.25) is 9.59 Å². The lowest BCUT2D eigenvalue weighted by atomic mass is 9.56. The molecule has 0 amide bonds. The number of carbonyl (C=O) groups excluding carboxylic acids is 3. The lowest BCUT2D eigenvalue weighted by Gasteiger charge is -2.49. The second-order valence-electron chi connectivity index (χ2n) is 16.0. The van der Waals surface area contributed by atoms with Crippen LogP contribution in [-0.2, 0) is 28.5 Å². The summed E-state index contributed by atoms with van der Waals surface area (Å²) in [5, 5.41) is 0. The molecule has 5 atom stereocenters. The van der Waals surface area contributed by atoms with Crippen molar-refractivity contribution in [2.24, 2.45) is 29.1 Å². The first-order valence-electron chi connectivity index (χ1n) is 20.1. The molecule has 3 rings (SSSR count). The minimum absolute atomic E-state index is 0.0224. The molecule has 0 aromatic rings. The third-order valence-electron chi connectivity index (χ3n) is 10.9. The molecular weight excluding hydrogens is 606 g/mol. The molecule has 48 heavy (non-hydrogen) atoms. The Balaban J connectivity index is 1.35. The van der Waals surface area contributed by atoms with Gasteiger partial charge < -0.3 is 23.8 Å². The Kier molecular flexibility index (Phi) is 19.9. The maximum atomic E-state index is 13.2. The molecule has 3 unspecified atom stereocenters. The highest BCUT2D eigenvalue weighted by atomic mass is 16.7. The van der Waals surface area contributed by atoms with E-state index in [4.69, 9.17) is 18.9 Å². The van der Waals surface area contributed by atoms with Crippen molar-refractivity contribution in [1.29, 1.82) is 0 Å². The van der Waals surface area contributed by atoms with Gasteiger partial charge >= 0.3 is 18.1 Å². The number of likely N-dealkylation sites (tertiary alicyclic amines) is 1. The van der Waals surface area contributed by atoms with Crippen LogP contribution in [0.3, 0.4) is 0 Å². The van der Waals surface area contributed by atoms with Crippen LogP contribution in [0, 0.1) is 29.1 Å². The second-order valence-corrected chi connectivity index (χ2v) is 16.0. The summed E-state index contributed by atoms with van der Waals surface area (Å²) >= 11 is 0. The number of ether oxygens (including phenoxy) is 4. The van der Waals surface area contributed by atoms with E-state index in [1.165, 1.54) is 83.5 Å². The number of esters is 2. The molecule has 2 aliphatic carbocycles. The molecule has 278 valence electrons. The zero-order chi connectivity index (χ0) is 34.5. The average Bonchev–Trinajstić information content (AvgIpc) is 3.56. The van der Waals surface area contributed by atoms with E-state index in [-0.39, 0.29) is 37.2 Å². The molecule has 0 aromatic heterocycles. The van der Waals surface area contributed by atoms with Gasteiger partial charge in [-0.1, -0.05) is 91.4 Å². The summed E-state index contributed by atoms with van der Waals surface area (Å²) in [6.07, 6.45) is 24.0. The Morgan fingerprint density at radius 3 is 1.81 bits per heavy atom. The number of rotatable bonds is 25. The molecule has 0 aromatic carbocycles. The summed E-state index contributed by atoms with van der Waals surface area (Å²) in [5.74, 6) is 1.09. The molecule has 2 saturated carbocycles. The molecule has 1 heterocycles. The minimum Gasteiger partial charge on any atom is -0.465 e. The maximum absolute atomic E-state index is 13.2. The molecule has 0 spiro atoms. The fourth-order valence-corrected chi connectivity index (χ4v) is 8.91. The third kappa shape index (κ3) is 17.2. The molecule has 0 radical (unpaired) electrons. The van der Waals surface area contributed by atoms with Gasteiger partial charge in [0, 0.05) is 13.0 Å². The van der Waals surface area contributed by atoms with Gasteiger partial charge in [0.15, 0.2) is 0 Å². The van der Waals surface area contributed by atoms with Crippen LogP contribution in [-0.4, -0.2) is 69.1 Å². The fourth-order valence-electron chi connectivity index (χ4n) is 8.91. The van der Waals surface area contributed by atoms with Crippen LogP contribution >= 0.6 is 0 Å². The van der Waals surface area contributed by atoms with E-state index in [9.17, 15) is 14.4 Å². The number of fused-ring (bicyclic) bond motifs is 2. The number of unbranched alkanes of at least 4 members (excludes halogenated alkanes) is 11. The van der Waals surface area contributed by atoms with Crippen molar-refractivity contribution < 1.29 is 33.3 Å². The molecule has 8 heteroatoms. The number of hydrogen-bond acceptors (Lipinski definition) is 8. The van der Waals surface area contributed by atoms with E-state index in [1.54, 1.807) is 0 Å². The number of hydrogen-bond donors (Lipinski definition) is 0. The monoisotopic (exact) mass is 678 g/mol. The molecule has 3 fully saturated rings. The highest BCUT2D eigenvalue weighted by Gasteiger charge is 2.45. The molecular formula is C40H71NO7. The Labute approximate surface area is 293 Å². The predicted octanol–water partition coefficient (Wildman–Crippen LogP) is 9.66. The van der Waals surface area contributed by atoms with E-state index < -0.39 is 12.1 Å². The molecule has 8 nitrogen and oxygen atoms in total. The van der Waals surface area contributed by atoms with Crippen LogP contribution in [0.5, 0.6) is 0 Å². The highest BCUT2D eigenvalue weighted by molar-refractivity contribution is 5.70. The number of carbonyl (C=O) groups is 3. The summed E-state index contributed by atoms with van der Waals surface area (Å²) in [7, 11) is 0. The lowest BCUT2D eigenvalue weighted by molar-refractivity contribution is -0.153. The van der Waals surface area contributed by atoms with Gasteiger partial charge in [-0.15, -0.1) is 0 Å². The Hall–Kier alpha value is -1.83. The van der Waals surface area contributed by atoms with Crippen molar-refractivity contribution in [1.82, 2.24) is 4.90 Å². The minimum atomic E-state index is -0.729. The smallest absolute Gasteiger partial charge is 0.465 e. The molecule has 3 aliphatic rings. The van der Waals surface area contributed by atoms with Crippen molar-refractivity contribution in [3.8, 4) is 0 Å². The lowest BCUT2D eigenvalue weighted by Crippen LogP contribution is -2.41. The maximum Gasteiger partial charge on any atom is 0.508 e. The zero-order valence-electron chi connectivity index (χ0n) is 31.1. The van der Waals surface area contributed by atoms with Gasteiger partial charge in [-0.05, 0) is 94.0 Å². The van der Waals surface area contributed by atoms with Crippen molar-refractivity contribution in [3.05, 3.63) is 0 Å². The van der Waals surface area contributed by atoms with Gasteiger partial charge in [0.25, 0.3) is 0 Å². The quantitative estimate of drug-likeness (QED) is 0.0536. The van der Waals surface area contributed by atoms with E-state index in [0.717, 1.165) is 64.6 Å². The van der Waals surface area contributed by atoms with Gasteiger partial charge in [0.2, 0.25) is 0 Å². The Bertz CT molecular complexity index is 885. The standard InChI is InChI=1S/C40H71NO7/c1-4-5-6-7-8-9-10-11-12-13-14-15-19-37(42)46-30-36(32-48-39(44)45-23-18-22-41-20-16-17-21-41)31-47-38(43)29-40-26-33(2)24-35(28-40)25-34(3)27-40/h33-36H,4-32H2,1-3H3/t33-,34+,35?,36?,40?. The van der Waals surface area contributed by atoms with Crippen molar-refractivity contribution in [2.45, 2.75) is 162 Å². The van der Waals surface area contributed by atoms with Gasteiger partial charge in [0.05, 0.1) is 18.9 Å². The zero-order valence-corrected chi connectivity index (χ0v) is 31.1. The molecule has 1 aliphatic heterocycles. The van der Waals surface area contributed by atoms with Crippen molar-refractivity contribution in [3.63, 3.8) is 0 Å². The van der Waals surface area contributed by atoms with Crippen LogP contribution in [0.2, 0.25) is 0 Å². The number of nitrogens with zero attached hydrogens (tertiary/aromatic N) is 1. The fraction of sp³-hybridized carbons (Fsp3) is 0.925. The van der Waals surface area contributed by atoms with Crippen LogP contribution in [0.15, 0.2) is 0 Å².